The second kappa shape index (κ2) is 6.22. The van der Waals surface area contributed by atoms with Gasteiger partial charge in [0.25, 0.3) is 0 Å². The molecule has 96 valence electrons. The first-order valence-electron chi connectivity index (χ1n) is 5.49. The molecule has 0 saturated heterocycles. The highest BCUT2D eigenvalue weighted by atomic mass is 35.5. The molecule has 2 aromatic rings. The molecule has 4 nitrogen and oxygen atoms in total. The number of thioether (sulfide) groups is 1. The molecule has 0 atom stereocenters. The van der Waals surface area contributed by atoms with Crippen molar-refractivity contribution >= 4 is 23.4 Å². The third-order valence-electron chi connectivity index (χ3n) is 2.46. The Kier molecular flexibility index (Phi) is 4.63. The topological polar surface area (TPSA) is 39.9 Å². The number of ether oxygens (including phenoxy) is 1. The standard InChI is InChI=1S/C12H14ClN3OS/c1-16-11(9-3-5-10(13)6-4-9)14-15-12(16)18-8-7-17-2/h3-6H,7-8H2,1-2H3. The lowest BCUT2D eigenvalue weighted by Gasteiger charge is -2.03. The highest BCUT2D eigenvalue weighted by Gasteiger charge is 2.10. The van der Waals surface area contributed by atoms with Gasteiger partial charge in [-0.2, -0.15) is 0 Å². The van der Waals surface area contributed by atoms with E-state index in [1.807, 2.05) is 35.9 Å². The molecule has 1 aromatic heterocycles. The van der Waals surface area contributed by atoms with Crippen molar-refractivity contribution in [2.75, 3.05) is 19.5 Å². The van der Waals surface area contributed by atoms with Crippen molar-refractivity contribution in [3.05, 3.63) is 29.3 Å². The summed E-state index contributed by atoms with van der Waals surface area (Å²) in [5, 5.41) is 9.98. The van der Waals surface area contributed by atoms with Gasteiger partial charge in [0.05, 0.1) is 6.61 Å². The van der Waals surface area contributed by atoms with Gasteiger partial charge >= 0.3 is 0 Å². The van der Waals surface area contributed by atoms with Crippen LogP contribution in [0.15, 0.2) is 29.4 Å². The summed E-state index contributed by atoms with van der Waals surface area (Å²) in [5.41, 5.74) is 1.01. The molecule has 0 saturated carbocycles. The van der Waals surface area contributed by atoms with Gasteiger partial charge < -0.3 is 9.30 Å². The summed E-state index contributed by atoms with van der Waals surface area (Å²) in [7, 11) is 3.65. The van der Waals surface area contributed by atoms with Crippen LogP contribution >= 0.6 is 23.4 Å². The lowest BCUT2D eigenvalue weighted by atomic mass is 10.2. The van der Waals surface area contributed by atoms with Gasteiger partial charge in [-0.05, 0) is 24.3 Å². The van der Waals surface area contributed by atoms with Gasteiger partial charge in [-0.25, -0.2) is 0 Å². The van der Waals surface area contributed by atoms with Crippen molar-refractivity contribution in [1.29, 1.82) is 0 Å². The maximum atomic E-state index is 5.87. The van der Waals surface area contributed by atoms with Crippen LogP contribution in [0.25, 0.3) is 11.4 Å². The third kappa shape index (κ3) is 3.04. The summed E-state index contributed by atoms with van der Waals surface area (Å²) in [5.74, 6) is 1.70. The van der Waals surface area contributed by atoms with Crippen molar-refractivity contribution in [3.8, 4) is 11.4 Å². The SMILES string of the molecule is COCCSc1nnc(-c2ccc(Cl)cc2)n1C. The maximum absolute atomic E-state index is 5.87. The highest BCUT2D eigenvalue weighted by molar-refractivity contribution is 7.99. The molecule has 0 spiro atoms. The fourth-order valence-electron chi connectivity index (χ4n) is 1.51. The number of benzene rings is 1. The first-order valence-corrected chi connectivity index (χ1v) is 6.86. The van der Waals surface area contributed by atoms with Crippen LogP contribution in [0.5, 0.6) is 0 Å². The number of methoxy groups -OCH3 is 1. The van der Waals surface area contributed by atoms with Crippen LogP contribution in [-0.2, 0) is 11.8 Å². The first-order chi connectivity index (χ1) is 8.72. The number of halogens is 1. The van der Waals surface area contributed by atoms with Crippen molar-refractivity contribution in [1.82, 2.24) is 14.8 Å². The molecule has 0 unspecified atom stereocenters. The van der Waals surface area contributed by atoms with Gasteiger partial charge in [-0.1, -0.05) is 23.4 Å². The second-order valence-corrected chi connectivity index (χ2v) is 5.21. The van der Waals surface area contributed by atoms with E-state index in [4.69, 9.17) is 16.3 Å². The lowest BCUT2D eigenvalue weighted by molar-refractivity contribution is 0.218. The van der Waals surface area contributed by atoms with Gasteiger partial charge in [0.2, 0.25) is 0 Å². The van der Waals surface area contributed by atoms with Gasteiger partial charge in [-0.3, -0.25) is 0 Å². The molecule has 0 amide bonds. The van der Waals surface area contributed by atoms with Crippen LogP contribution in [-0.4, -0.2) is 34.2 Å². The molecule has 0 aliphatic heterocycles. The number of hydrogen-bond acceptors (Lipinski definition) is 4. The number of nitrogens with zero attached hydrogens (tertiary/aromatic N) is 3. The van der Waals surface area contributed by atoms with E-state index in [9.17, 15) is 0 Å². The molecule has 1 aromatic carbocycles. The summed E-state index contributed by atoms with van der Waals surface area (Å²) >= 11 is 7.50. The molecule has 0 N–H and O–H groups in total. The van der Waals surface area contributed by atoms with Crippen molar-refractivity contribution in [3.63, 3.8) is 0 Å². The quantitative estimate of drug-likeness (QED) is 0.625. The summed E-state index contributed by atoms with van der Waals surface area (Å²) in [4.78, 5) is 0. The summed E-state index contributed by atoms with van der Waals surface area (Å²) < 4.78 is 6.99. The molecule has 2 rings (SSSR count). The minimum absolute atomic E-state index is 0.702. The van der Waals surface area contributed by atoms with E-state index < -0.39 is 0 Å². The van der Waals surface area contributed by atoms with Crippen molar-refractivity contribution in [2.45, 2.75) is 5.16 Å². The van der Waals surface area contributed by atoms with E-state index in [-0.39, 0.29) is 0 Å². The number of rotatable bonds is 5. The molecular formula is C12H14ClN3OS. The molecule has 0 fully saturated rings. The molecule has 0 aliphatic rings. The fraction of sp³-hybridized carbons (Fsp3) is 0.333. The summed E-state index contributed by atoms with van der Waals surface area (Å²) in [6.07, 6.45) is 0. The van der Waals surface area contributed by atoms with Crippen molar-refractivity contribution < 1.29 is 4.74 Å². The van der Waals surface area contributed by atoms with E-state index in [1.165, 1.54) is 0 Å². The molecule has 0 bridgehead atoms. The van der Waals surface area contributed by atoms with Crippen molar-refractivity contribution in [2.24, 2.45) is 7.05 Å². The van der Waals surface area contributed by atoms with E-state index in [2.05, 4.69) is 10.2 Å². The molecule has 1 heterocycles. The maximum Gasteiger partial charge on any atom is 0.191 e. The predicted molar refractivity (Wildman–Crippen MR) is 74.0 cm³/mol. The average Bonchev–Trinajstić information content (AvgIpc) is 2.73. The Bertz CT molecular complexity index is 513. The van der Waals surface area contributed by atoms with Crippen LogP contribution < -0.4 is 0 Å². The van der Waals surface area contributed by atoms with E-state index in [0.29, 0.717) is 6.61 Å². The zero-order valence-electron chi connectivity index (χ0n) is 10.3. The number of aromatic nitrogens is 3. The normalized spacial score (nSPS) is 10.8. The largest absolute Gasteiger partial charge is 0.384 e. The zero-order valence-corrected chi connectivity index (χ0v) is 11.8. The lowest BCUT2D eigenvalue weighted by Crippen LogP contribution is -1.97. The smallest absolute Gasteiger partial charge is 0.191 e. The Morgan fingerprint density at radius 3 is 2.67 bits per heavy atom. The highest BCUT2D eigenvalue weighted by Crippen LogP contribution is 2.23. The monoisotopic (exact) mass is 283 g/mol. The van der Waals surface area contributed by atoms with Crippen LogP contribution in [0.3, 0.4) is 0 Å². The molecular weight excluding hydrogens is 270 g/mol. The molecule has 18 heavy (non-hydrogen) atoms. The predicted octanol–water partition coefficient (Wildman–Crippen LogP) is 2.87. The van der Waals surface area contributed by atoms with Gasteiger partial charge in [0.1, 0.15) is 0 Å². The van der Waals surface area contributed by atoms with Gasteiger partial charge in [0.15, 0.2) is 11.0 Å². The van der Waals surface area contributed by atoms with E-state index >= 15 is 0 Å². The molecule has 0 radical (unpaired) electrons. The van der Waals surface area contributed by atoms with Crippen LogP contribution in [0.2, 0.25) is 5.02 Å². The minimum Gasteiger partial charge on any atom is -0.384 e. The van der Waals surface area contributed by atoms with Crippen LogP contribution in [0, 0.1) is 0 Å². The second-order valence-electron chi connectivity index (χ2n) is 3.71. The Morgan fingerprint density at radius 1 is 1.28 bits per heavy atom. The number of hydrogen-bond donors (Lipinski definition) is 0. The van der Waals surface area contributed by atoms with Crippen LogP contribution in [0.1, 0.15) is 0 Å². The van der Waals surface area contributed by atoms with E-state index in [0.717, 1.165) is 27.3 Å². The molecule has 0 aliphatic carbocycles. The Morgan fingerprint density at radius 2 is 2.00 bits per heavy atom. The third-order valence-corrected chi connectivity index (χ3v) is 3.69. The van der Waals surface area contributed by atoms with Crippen LogP contribution in [0.4, 0.5) is 0 Å². The van der Waals surface area contributed by atoms with Gasteiger partial charge in [-0.15, -0.1) is 10.2 Å². The Hall–Kier alpha value is -1.04. The average molecular weight is 284 g/mol. The van der Waals surface area contributed by atoms with E-state index in [1.54, 1.807) is 18.9 Å². The Balaban J connectivity index is 2.17. The summed E-state index contributed by atoms with van der Waals surface area (Å²) in [6, 6.07) is 7.58. The first kappa shape index (κ1) is 13.4. The summed E-state index contributed by atoms with van der Waals surface area (Å²) in [6.45, 7) is 0.702. The van der Waals surface area contributed by atoms with Gasteiger partial charge in [0, 0.05) is 30.5 Å². The molecule has 6 heteroatoms. The minimum atomic E-state index is 0.702. The Labute approximate surface area is 115 Å². The fourth-order valence-corrected chi connectivity index (χ4v) is 2.44. The zero-order chi connectivity index (χ0) is 13.0.